The summed E-state index contributed by atoms with van der Waals surface area (Å²) in [6, 6.07) is 30.2. The molecule has 0 amide bonds. The standard InChI is InChI=1S/C27H22N4O2S/c1-20-6-14-26(15-7-20)34(32,33)30-23-9-12-24(13-10-23)31(27-16-17-28-19-29-27)25-11-8-21-4-2-3-5-22(21)18-25/h2-19,30H,1H3. The van der Waals surface area contributed by atoms with E-state index >= 15 is 0 Å². The molecular weight excluding hydrogens is 444 g/mol. The van der Waals surface area contributed by atoms with Gasteiger partial charge >= 0.3 is 0 Å². The van der Waals surface area contributed by atoms with Gasteiger partial charge in [-0.05, 0) is 72.3 Å². The third-order valence-electron chi connectivity index (χ3n) is 5.50. The van der Waals surface area contributed by atoms with E-state index in [0.717, 1.165) is 27.7 Å². The molecule has 1 aromatic heterocycles. The summed E-state index contributed by atoms with van der Waals surface area (Å²) in [5, 5.41) is 2.26. The summed E-state index contributed by atoms with van der Waals surface area (Å²) >= 11 is 0. The smallest absolute Gasteiger partial charge is 0.261 e. The van der Waals surface area contributed by atoms with Gasteiger partial charge in [0.15, 0.2) is 0 Å². The molecule has 0 fully saturated rings. The largest absolute Gasteiger partial charge is 0.295 e. The van der Waals surface area contributed by atoms with Gasteiger partial charge in [-0.15, -0.1) is 0 Å². The summed E-state index contributed by atoms with van der Waals surface area (Å²) < 4.78 is 28.2. The van der Waals surface area contributed by atoms with Crippen LogP contribution in [-0.2, 0) is 10.0 Å². The lowest BCUT2D eigenvalue weighted by Crippen LogP contribution is -2.14. The van der Waals surface area contributed by atoms with Crippen molar-refractivity contribution in [1.29, 1.82) is 0 Å². The molecule has 5 aromatic rings. The number of aromatic nitrogens is 2. The Bertz CT molecular complexity index is 1540. The minimum absolute atomic E-state index is 0.223. The molecule has 0 aliphatic rings. The number of nitrogens with zero attached hydrogens (tertiary/aromatic N) is 3. The summed E-state index contributed by atoms with van der Waals surface area (Å²) in [5.41, 5.74) is 3.25. The number of hydrogen-bond acceptors (Lipinski definition) is 5. The van der Waals surface area contributed by atoms with Crippen LogP contribution in [0.3, 0.4) is 0 Å². The Morgan fingerprint density at radius 3 is 2.18 bits per heavy atom. The first-order chi connectivity index (χ1) is 16.5. The minimum Gasteiger partial charge on any atom is -0.295 e. The Labute approximate surface area is 198 Å². The molecule has 0 aliphatic carbocycles. The van der Waals surface area contributed by atoms with Gasteiger partial charge in [-0.25, -0.2) is 18.4 Å². The van der Waals surface area contributed by atoms with Crippen LogP contribution < -0.4 is 9.62 Å². The highest BCUT2D eigenvalue weighted by atomic mass is 32.2. The van der Waals surface area contributed by atoms with Gasteiger partial charge in [0.2, 0.25) is 0 Å². The SMILES string of the molecule is Cc1ccc(S(=O)(=O)Nc2ccc(N(c3ccc4ccccc4c3)c3ccncn3)cc2)cc1. The van der Waals surface area contributed by atoms with Crippen molar-refractivity contribution in [3.05, 3.63) is 115 Å². The van der Waals surface area contributed by atoms with Gasteiger partial charge in [0.25, 0.3) is 10.0 Å². The second-order valence-corrected chi connectivity index (χ2v) is 9.58. The monoisotopic (exact) mass is 466 g/mol. The molecule has 1 heterocycles. The first-order valence-corrected chi connectivity index (χ1v) is 12.2. The Morgan fingerprint density at radius 2 is 1.47 bits per heavy atom. The fraction of sp³-hybridized carbons (Fsp3) is 0.0370. The van der Waals surface area contributed by atoms with Crippen LogP contribution in [0.1, 0.15) is 5.56 Å². The highest BCUT2D eigenvalue weighted by Gasteiger charge is 2.16. The zero-order chi connectivity index (χ0) is 23.5. The molecule has 0 spiro atoms. The molecule has 0 bridgehead atoms. The third kappa shape index (κ3) is 4.46. The number of anilines is 4. The summed E-state index contributed by atoms with van der Waals surface area (Å²) in [6.07, 6.45) is 3.20. The van der Waals surface area contributed by atoms with Crippen LogP contribution in [0, 0.1) is 6.92 Å². The molecule has 0 saturated heterocycles. The Morgan fingerprint density at radius 1 is 0.765 bits per heavy atom. The maximum absolute atomic E-state index is 12.8. The number of nitrogens with one attached hydrogen (secondary N) is 1. The molecule has 0 unspecified atom stereocenters. The van der Waals surface area contributed by atoms with Crippen molar-refractivity contribution in [1.82, 2.24) is 9.97 Å². The number of aryl methyl sites for hydroxylation is 1. The minimum atomic E-state index is -3.68. The van der Waals surface area contributed by atoms with Crippen molar-refractivity contribution in [3.63, 3.8) is 0 Å². The van der Waals surface area contributed by atoms with Gasteiger partial charge < -0.3 is 0 Å². The van der Waals surface area contributed by atoms with Gasteiger partial charge in [-0.2, -0.15) is 0 Å². The van der Waals surface area contributed by atoms with E-state index < -0.39 is 10.0 Å². The fourth-order valence-corrected chi connectivity index (χ4v) is 4.81. The maximum atomic E-state index is 12.8. The van der Waals surface area contributed by atoms with Crippen LogP contribution in [0.25, 0.3) is 10.8 Å². The highest BCUT2D eigenvalue weighted by molar-refractivity contribution is 7.92. The van der Waals surface area contributed by atoms with E-state index in [1.165, 1.54) is 6.33 Å². The molecule has 0 saturated carbocycles. The first-order valence-electron chi connectivity index (χ1n) is 10.7. The topological polar surface area (TPSA) is 75.2 Å². The van der Waals surface area contributed by atoms with E-state index in [0.29, 0.717) is 11.5 Å². The van der Waals surface area contributed by atoms with E-state index in [1.807, 2.05) is 48.2 Å². The Balaban J connectivity index is 1.49. The number of sulfonamides is 1. The molecule has 7 heteroatoms. The van der Waals surface area contributed by atoms with Crippen LogP contribution in [-0.4, -0.2) is 18.4 Å². The lowest BCUT2D eigenvalue weighted by atomic mass is 10.1. The predicted molar refractivity (Wildman–Crippen MR) is 136 cm³/mol. The molecule has 0 atom stereocenters. The molecule has 0 radical (unpaired) electrons. The molecular formula is C27H22N4O2S. The van der Waals surface area contributed by atoms with Crippen LogP contribution in [0.2, 0.25) is 0 Å². The lowest BCUT2D eigenvalue weighted by Gasteiger charge is -2.24. The average Bonchev–Trinajstić information content (AvgIpc) is 2.86. The molecule has 168 valence electrons. The first kappa shape index (κ1) is 21.6. The van der Waals surface area contributed by atoms with Crippen molar-refractivity contribution in [2.75, 3.05) is 9.62 Å². The second kappa shape index (κ2) is 8.96. The molecule has 1 N–H and O–H groups in total. The summed E-state index contributed by atoms with van der Waals surface area (Å²) in [4.78, 5) is 10.7. The predicted octanol–water partition coefficient (Wildman–Crippen LogP) is 6.21. The molecule has 5 rings (SSSR count). The Kier molecular flexibility index (Phi) is 5.69. The van der Waals surface area contributed by atoms with E-state index in [-0.39, 0.29) is 4.90 Å². The lowest BCUT2D eigenvalue weighted by molar-refractivity contribution is 0.601. The normalized spacial score (nSPS) is 11.3. The zero-order valence-electron chi connectivity index (χ0n) is 18.5. The number of benzene rings is 4. The van der Waals surface area contributed by atoms with Crippen LogP contribution >= 0.6 is 0 Å². The van der Waals surface area contributed by atoms with Gasteiger partial charge in [0.05, 0.1) is 4.90 Å². The van der Waals surface area contributed by atoms with Gasteiger partial charge in [0.1, 0.15) is 12.1 Å². The maximum Gasteiger partial charge on any atom is 0.261 e. The Hall–Kier alpha value is -4.23. The number of fused-ring (bicyclic) bond motifs is 1. The average molecular weight is 467 g/mol. The zero-order valence-corrected chi connectivity index (χ0v) is 19.3. The fourth-order valence-electron chi connectivity index (χ4n) is 3.76. The van der Waals surface area contributed by atoms with Crippen molar-refractivity contribution >= 4 is 43.7 Å². The highest BCUT2D eigenvalue weighted by Crippen LogP contribution is 2.35. The molecule has 34 heavy (non-hydrogen) atoms. The van der Waals surface area contributed by atoms with E-state index in [2.05, 4.69) is 39.0 Å². The third-order valence-corrected chi connectivity index (χ3v) is 6.89. The summed E-state index contributed by atoms with van der Waals surface area (Å²) in [6.45, 7) is 1.92. The van der Waals surface area contributed by atoms with Crippen LogP contribution in [0.4, 0.5) is 22.9 Å². The molecule has 6 nitrogen and oxygen atoms in total. The second-order valence-electron chi connectivity index (χ2n) is 7.90. The number of hydrogen-bond donors (Lipinski definition) is 1. The number of rotatable bonds is 6. The van der Waals surface area contributed by atoms with Gasteiger partial charge in [0, 0.05) is 23.3 Å². The summed E-state index contributed by atoms with van der Waals surface area (Å²) in [5.74, 6) is 0.707. The summed E-state index contributed by atoms with van der Waals surface area (Å²) in [7, 11) is -3.68. The molecule has 4 aromatic carbocycles. The molecule has 0 aliphatic heterocycles. The van der Waals surface area contributed by atoms with Crippen molar-refractivity contribution < 1.29 is 8.42 Å². The van der Waals surface area contributed by atoms with Crippen LogP contribution in [0.5, 0.6) is 0 Å². The quantitative estimate of drug-likeness (QED) is 0.322. The van der Waals surface area contributed by atoms with E-state index in [4.69, 9.17) is 0 Å². The van der Waals surface area contributed by atoms with Gasteiger partial charge in [-0.1, -0.05) is 48.0 Å². The van der Waals surface area contributed by atoms with Crippen molar-refractivity contribution in [2.24, 2.45) is 0 Å². The van der Waals surface area contributed by atoms with Crippen molar-refractivity contribution in [3.8, 4) is 0 Å². The van der Waals surface area contributed by atoms with Crippen LogP contribution in [0.15, 0.2) is 114 Å². The van der Waals surface area contributed by atoms with E-state index in [1.54, 1.807) is 42.6 Å². The van der Waals surface area contributed by atoms with E-state index in [9.17, 15) is 8.42 Å². The van der Waals surface area contributed by atoms with Gasteiger partial charge in [-0.3, -0.25) is 9.62 Å². The van der Waals surface area contributed by atoms with Crippen molar-refractivity contribution in [2.45, 2.75) is 11.8 Å².